The van der Waals surface area contributed by atoms with E-state index < -0.39 is 0 Å². The topological polar surface area (TPSA) is 64.7 Å². The van der Waals surface area contributed by atoms with Crippen LogP contribution in [-0.2, 0) is 18.4 Å². The van der Waals surface area contributed by atoms with Gasteiger partial charge in [-0.25, -0.2) is 9.97 Å². The molecule has 0 fully saturated rings. The zero-order valence-electron chi connectivity index (χ0n) is 14.9. The minimum absolute atomic E-state index is 0.0164. The van der Waals surface area contributed by atoms with Crippen LogP contribution in [0.2, 0.25) is 0 Å². The van der Waals surface area contributed by atoms with Crippen LogP contribution < -0.4 is 5.32 Å². The first-order chi connectivity index (χ1) is 13.2. The Bertz CT molecular complexity index is 1070. The van der Waals surface area contributed by atoms with Gasteiger partial charge >= 0.3 is 0 Å². The van der Waals surface area contributed by atoms with Crippen LogP contribution in [0.4, 0.5) is 5.69 Å². The van der Waals surface area contributed by atoms with E-state index in [1.165, 1.54) is 0 Å². The van der Waals surface area contributed by atoms with Crippen LogP contribution in [0, 0.1) is 0 Å². The molecule has 4 rings (SSSR count). The SMILES string of the molecule is Cn1ccnc1Sc1ccc(NC(=O)CCn2cnc3ccccc32)cc1. The lowest BCUT2D eigenvalue weighted by Gasteiger charge is -2.08. The average Bonchev–Trinajstić information content (AvgIpc) is 3.28. The maximum Gasteiger partial charge on any atom is 0.226 e. The number of carbonyl (C=O) groups is 1. The minimum Gasteiger partial charge on any atom is -0.330 e. The van der Waals surface area contributed by atoms with Gasteiger partial charge in [-0.3, -0.25) is 4.79 Å². The molecule has 2 heterocycles. The van der Waals surface area contributed by atoms with E-state index in [0.29, 0.717) is 13.0 Å². The van der Waals surface area contributed by atoms with Gasteiger partial charge in [0, 0.05) is 43.0 Å². The highest BCUT2D eigenvalue weighted by molar-refractivity contribution is 7.99. The molecule has 0 aliphatic rings. The number of aromatic nitrogens is 4. The zero-order chi connectivity index (χ0) is 18.6. The van der Waals surface area contributed by atoms with Gasteiger partial charge in [0.25, 0.3) is 0 Å². The predicted octanol–water partition coefficient (Wildman–Crippen LogP) is 3.95. The first kappa shape index (κ1) is 17.4. The molecule has 0 saturated carbocycles. The summed E-state index contributed by atoms with van der Waals surface area (Å²) >= 11 is 1.59. The van der Waals surface area contributed by atoms with Gasteiger partial charge in [-0.2, -0.15) is 0 Å². The van der Waals surface area contributed by atoms with Crippen molar-refractivity contribution < 1.29 is 4.79 Å². The fraction of sp³-hybridized carbons (Fsp3) is 0.150. The van der Waals surface area contributed by atoms with Gasteiger partial charge in [-0.1, -0.05) is 23.9 Å². The number of fused-ring (bicyclic) bond motifs is 1. The largest absolute Gasteiger partial charge is 0.330 e. The van der Waals surface area contributed by atoms with Crippen molar-refractivity contribution in [3.63, 3.8) is 0 Å². The number of carbonyl (C=O) groups excluding carboxylic acids is 1. The van der Waals surface area contributed by atoms with E-state index in [1.807, 2.05) is 70.9 Å². The standard InChI is InChI=1S/C20H19N5OS/c1-24-13-11-21-20(24)27-16-8-6-15(7-9-16)23-19(26)10-12-25-14-22-17-4-2-3-5-18(17)25/h2-9,11,13-14H,10,12H2,1H3,(H,23,26). The lowest BCUT2D eigenvalue weighted by molar-refractivity contribution is -0.116. The number of nitrogens with zero attached hydrogens (tertiary/aromatic N) is 4. The summed E-state index contributed by atoms with van der Waals surface area (Å²) in [6.45, 7) is 0.597. The van der Waals surface area contributed by atoms with Crippen LogP contribution >= 0.6 is 11.8 Å². The van der Waals surface area contributed by atoms with Crippen molar-refractivity contribution in [1.29, 1.82) is 0 Å². The monoisotopic (exact) mass is 377 g/mol. The third-order valence-electron chi connectivity index (χ3n) is 4.23. The van der Waals surface area contributed by atoms with Crippen LogP contribution in [0.25, 0.3) is 11.0 Å². The Morgan fingerprint density at radius 2 is 1.93 bits per heavy atom. The summed E-state index contributed by atoms with van der Waals surface area (Å²) in [4.78, 5) is 22.0. The van der Waals surface area contributed by atoms with Crippen molar-refractivity contribution in [3.8, 4) is 0 Å². The van der Waals surface area contributed by atoms with Crippen LogP contribution in [0.3, 0.4) is 0 Å². The van der Waals surface area contributed by atoms with E-state index in [1.54, 1.807) is 24.3 Å². The molecule has 0 bridgehead atoms. The molecule has 2 aromatic carbocycles. The Labute approximate surface area is 161 Å². The predicted molar refractivity (Wildman–Crippen MR) is 107 cm³/mol. The molecule has 136 valence electrons. The van der Waals surface area contributed by atoms with Gasteiger partial charge in [-0.05, 0) is 36.4 Å². The van der Waals surface area contributed by atoms with Gasteiger partial charge in [0.15, 0.2) is 5.16 Å². The highest BCUT2D eigenvalue weighted by Gasteiger charge is 2.07. The molecule has 0 aliphatic carbocycles. The van der Waals surface area contributed by atoms with E-state index in [-0.39, 0.29) is 5.91 Å². The molecule has 1 amide bonds. The van der Waals surface area contributed by atoms with E-state index in [0.717, 1.165) is 26.8 Å². The van der Waals surface area contributed by atoms with Crippen molar-refractivity contribution in [2.24, 2.45) is 7.05 Å². The molecule has 4 aromatic rings. The van der Waals surface area contributed by atoms with Gasteiger partial charge in [-0.15, -0.1) is 0 Å². The molecule has 6 nitrogen and oxygen atoms in total. The molecule has 0 unspecified atom stereocenters. The van der Waals surface area contributed by atoms with E-state index >= 15 is 0 Å². The maximum atomic E-state index is 12.3. The fourth-order valence-corrected chi connectivity index (χ4v) is 3.60. The average molecular weight is 377 g/mol. The number of para-hydroxylation sites is 2. The molecular weight excluding hydrogens is 358 g/mol. The smallest absolute Gasteiger partial charge is 0.226 e. The second-order valence-corrected chi connectivity index (χ2v) is 7.21. The summed E-state index contributed by atoms with van der Waals surface area (Å²) in [6, 6.07) is 15.7. The summed E-state index contributed by atoms with van der Waals surface area (Å²) in [5.41, 5.74) is 2.78. The normalized spacial score (nSPS) is 11.0. The molecular formula is C20H19N5OS. The third-order valence-corrected chi connectivity index (χ3v) is 5.32. The summed E-state index contributed by atoms with van der Waals surface area (Å²) in [7, 11) is 1.97. The third kappa shape index (κ3) is 4.03. The number of benzene rings is 2. The van der Waals surface area contributed by atoms with Crippen LogP contribution in [0.15, 0.2) is 77.3 Å². The van der Waals surface area contributed by atoms with Gasteiger partial charge < -0.3 is 14.5 Å². The van der Waals surface area contributed by atoms with Gasteiger partial charge in [0.05, 0.1) is 17.4 Å². The quantitative estimate of drug-likeness (QED) is 0.553. The second-order valence-electron chi connectivity index (χ2n) is 6.17. The number of imidazole rings is 2. The first-order valence-electron chi connectivity index (χ1n) is 8.64. The van der Waals surface area contributed by atoms with Crippen molar-refractivity contribution in [1.82, 2.24) is 19.1 Å². The number of amides is 1. The molecule has 0 saturated heterocycles. The second kappa shape index (κ2) is 7.67. The number of hydrogen-bond acceptors (Lipinski definition) is 4. The molecule has 7 heteroatoms. The Hall–Kier alpha value is -3.06. The molecule has 27 heavy (non-hydrogen) atoms. The van der Waals surface area contributed by atoms with Crippen molar-refractivity contribution in [3.05, 3.63) is 67.3 Å². The van der Waals surface area contributed by atoms with Crippen LogP contribution in [0.1, 0.15) is 6.42 Å². The summed E-state index contributed by atoms with van der Waals surface area (Å²) in [6.07, 6.45) is 5.87. The molecule has 0 spiro atoms. The maximum absolute atomic E-state index is 12.3. The highest BCUT2D eigenvalue weighted by Crippen LogP contribution is 2.26. The fourth-order valence-electron chi connectivity index (χ4n) is 2.80. The molecule has 0 aliphatic heterocycles. The van der Waals surface area contributed by atoms with Crippen molar-refractivity contribution in [2.45, 2.75) is 23.0 Å². The van der Waals surface area contributed by atoms with Crippen molar-refractivity contribution >= 4 is 34.4 Å². The molecule has 2 aromatic heterocycles. The van der Waals surface area contributed by atoms with E-state index in [2.05, 4.69) is 15.3 Å². The van der Waals surface area contributed by atoms with Crippen molar-refractivity contribution in [2.75, 3.05) is 5.32 Å². The van der Waals surface area contributed by atoms with E-state index in [4.69, 9.17) is 0 Å². The molecule has 0 atom stereocenters. The summed E-state index contributed by atoms with van der Waals surface area (Å²) in [5.74, 6) is -0.0164. The Balaban J connectivity index is 1.33. The van der Waals surface area contributed by atoms with Crippen LogP contribution in [0.5, 0.6) is 0 Å². The van der Waals surface area contributed by atoms with E-state index in [9.17, 15) is 4.79 Å². The highest BCUT2D eigenvalue weighted by atomic mass is 32.2. The number of aryl methyl sites for hydroxylation is 2. The minimum atomic E-state index is -0.0164. The Morgan fingerprint density at radius 3 is 2.70 bits per heavy atom. The number of anilines is 1. The molecule has 1 N–H and O–H groups in total. The molecule has 0 radical (unpaired) electrons. The van der Waals surface area contributed by atoms with Gasteiger partial charge in [0.2, 0.25) is 5.91 Å². The number of hydrogen-bond donors (Lipinski definition) is 1. The number of rotatable bonds is 6. The summed E-state index contributed by atoms with van der Waals surface area (Å²) < 4.78 is 3.97. The summed E-state index contributed by atoms with van der Waals surface area (Å²) in [5, 5.41) is 3.88. The first-order valence-corrected chi connectivity index (χ1v) is 9.46. The van der Waals surface area contributed by atoms with Crippen LogP contribution in [-0.4, -0.2) is 25.0 Å². The van der Waals surface area contributed by atoms with Gasteiger partial charge in [0.1, 0.15) is 0 Å². The lowest BCUT2D eigenvalue weighted by atomic mass is 10.3. The number of nitrogens with one attached hydrogen (secondary N) is 1. The zero-order valence-corrected chi connectivity index (χ0v) is 15.7. The Kier molecular flexibility index (Phi) is 4.93. The Morgan fingerprint density at radius 1 is 1.11 bits per heavy atom. The lowest BCUT2D eigenvalue weighted by Crippen LogP contribution is -2.14.